The van der Waals surface area contributed by atoms with Crippen LogP contribution in [0.2, 0.25) is 0 Å². The molecule has 0 aliphatic heterocycles. The van der Waals surface area contributed by atoms with Gasteiger partial charge in [-0.2, -0.15) is 13.2 Å². The third kappa shape index (κ3) is 6.99. The van der Waals surface area contributed by atoms with Crippen molar-refractivity contribution in [2.24, 2.45) is 4.99 Å². The lowest BCUT2D eigenvalue weighted by atomic mass is 10.1. The first-order valence-corrected chi connectivity index (χ1v) is 9.30. The molecule has 0 fully saturated rings. The maximum absolute atomic E-state index is 13.5. The first kappa shape index (κ1) is 22.6. The van der Waals surface area contributed by atoms with Crippen LogP contribution in [-0.2, 0) is 25.7 Å². The van der Waals surface area contributed by atoms with Crippen molar-refractivity contribution in [2.45, 2.75) is 59.0 Å². The van der Waals surface area contributed by atoms with Crippen molar-refractivity contribution in [1.82, 2.24) is 15.8 Å². The smallest absolute Gasteiger partial charge is 0.416 e. The molecule has 0 aliphatic rings. The zero-order valence-electron chi connectivity index (χ0n) is 17.3. The van der Waals surface area contributed by atoms with Gasteiger partial charge in [0, 0.05) is 19.7 Å². The summed E-state index contributed by atoms with van der Waals surface area (Å²) in [5.74, 6) is 1.14. The minimum Gasteiger partial charge on any atom is -0.488 e. The molecule has 1 heterocycles. The molecule has 0 aliphatic carbocycles. The van der Waals surface area contributed by atoms with Gasteiger partial charge in [-0.3, -0.25) is 4.99 Å². The average Bonchev–Trinajstić information content (AvgIpc) is 3.08. The number of nitrogens with zero attached hydrogens (tertiary/aromatic N) is 2. The number of rotatable bonds is 6. The van der Waals surface area contributed by atoms with Crippen molar-refractivity contribution in [2.75, 3.05) is 7.05 Å². The third-order valence-corrected chi connectivity index (χ3v) is 3.88. The lowest BCUT2D eigenvalue weighted by molar-refractivity contribution is -0.138. The Morgan fingerprint density at radius 1 is 1.14 bits per heavy atom. The second-order valence-electron chi connectivity index (χ2n) is 7.45. The molecule has 0 radical (unpaired) electrons. The molecule has 29 heavy (non-hydrogen) atoms. The topological polar surface area (TPSA) is 71.7 Å². The third-order valence-electron chi connectivity index (χ3n) is 3.88. The highest BCUT2D eigenvalue weighted by molar-refractivity contribution is 5.79. The summed E-state index contributed by atoms with van der Waals surface area (Å²) >= 11 is 0. The van der Waals surface area contributed by atoms with E-state index in [-0.39, 0.29) is 17.9 Å². The maximum Gasteiger partial charge on any atom is 0.416 e. The van der Waals surface area contributed by atoms with Crippen molar-refractivity contribution in [3.63, 3.8) is 0 Å². The SMILES string of the molecule is CCc1cc(CNC(=NC)NCc2ccc(OC(C)(C)C)cc2C(F)(F)F)on1. The second kappa shape index (κ2) is 9.19. The number of ether oxygens (including phenoxy) is 1. The van der Waals surface area contributed by atoms with Crippen molar-refractivity contribution in [3.8, 4) is 5.75 Å². The largest absolute Gasteiger partial charge is 0.488 e. The van der Waals surface area contributed by atoms with Crippen molar-refractivity contribution < 1.29 is 22.4 Å². The maximum atomic E-state index is 13.5. The number of aryl methyl sites for hydroxylation is 1. The Morgan fingerprint density at radius 2 is 1.83 bits per heavy atom. The van der Waals surface area contributed by atoms with Crippen LogP contribution in [-0.4, -0.2) is 23.8 Å². The number of aliphatic imine (C=N–C) groups is 1. The Kier molecular flexibility index (Phi) is 7.16. The second-order valence-corrected chi connectivity index (χ2v) is 7.45. The number of hydrogen-bond donors (Lipinski definition) is 2. The first-order chi connectivity index (χ1) is 13.5. The van der Waals surface area contributed by atoms with Gasteiger partial charge >= 0.3 is 6.18 Å². The standard InChI is InChI=1S/C20H27F3N4O2/c1-6-14-9-16(29-27-14)12-26-18(24-5)25-11-13-7-8-15(28-19(2,3)4)10-17(13)20(21,22)23/h7-10H,6,11-12H2,1-5H3,(H2,24,25,26). The fourth-order valence-electron chi connectivity index (χ4n) is 2.57. The van der Waals surface area contributed by atoms with Crippen LogP contribution in [0.5, 0.6) is 5.75 Å². The Bertz CT molecular complexity index is 839. The van der Waals surface area contributed by atoms with Gasteiger partial charge in [0.25, 0.3) is 0 Å². The molecule has 9 heteroatoms. The van der Waals surface area contributed by atoms with Gasteiger partial charge < -0.3 is 19.9 Å². The van der Waals surface area contributed by atoms with Crippen LogP contribution in [0.4, 0.5) is 13.2 Å². The zero-order chi connectivity index (χ0) is 21.7. The fraction of sp³-hybridized carbons (Fsp3) is 0.500. The van der Waals surface area contributed by atoms with Gasteiger partial charge in [0.05, 0.1) is 17.8 Å². The summed E-state index contributed by atoms with van der Waals surface area (Å²) in [7, 11) is 1.54. The molecular formula is C20H27F3N4O2. The molecule has 2 N–H and O–H groups in total. The lowest BCUT2D eigenvalue weighted by Gasteiger charge is -2.23. The summed E-state index contributed by atoms with van der Waals surface area (Å²) in [4.78, 5) is 4.03. The molecule has 2 aromatic rings. The van der Waals surface area contributed by atoms with Crippen LogP contribution in [0, 0.1) is 0 Å². The highest BCUT2D eigenvalue weighted by atomic mass is 19.4. The molecule has 6 nitrogen and oxygen atoms in total. The van der Waals surface area contributed by atoms with Crippen LogP contribution >= 0.6 is 0 Å². The molecule has 160 valence electrons. The average molecular weight is 412 g/mol. The predicted octanol–water partition coefficient (Wildman–Crippen LogP) is 4.30. The monoisotopic (exact) mass is 412 g/mol. The number of alkyl halides is 3. The van der Waals surface area contributed by atoms with E-state index in [1.807, 2.05) is 13.0 Å². The molecule has 1 aromatic heterocycles. The van der Waals surface area contributed by atoms with Crippen LogP contribution in [0.15, 0.2) is 33.8 Å². The van der Waals surface area contributed by atoms with Crippen LogP contribution < -0.4 is 15.4 Å². The summed E-state index contributed by atoms with van der Waals surface area (Å²) in [5.41, 5.74) is -0.413. The van der Waals surface area contributed by atoms with Gasteiger partial charge in [0.1, 0.15) is 11.4 Å². The zero-order valence-corrected chi connectivity index (χ0v) is 17.3. The molecule has 2 rings (SSSR count). The van der Waals surface area contributed by atoms with E-state index in [2.05, 4.69) is 20.8 Å². The molecular weight excluding hydrogens is 385 g/mol. The van der Waals surface area contributed by atoms with E-state index in [0.29, 0.717) is 18.3 Å². The van der Waals surface area contributed by atoms with Gasteiger partial charge in [-0.05, 0) is 44.9 Å². The van der Waals surface area contributed by atoms with Gasteiger partial charge in [-0.15, -0.1) is 0 Å². The number of nitrogens with one attached hydrogen (secondary N) is 2. The van der Waals surface area contributed by atoms with Gasteiger partial charge in [0.2, 0.25) is 0 Å². The number of guanidine groups is 1. The van der Waals surface area contributed by atoms with Crippen LogP contribution in [0.25, 0.3) is 0 Å². The normalized spacial score (nSPS) is 12.8. The highest BCUT2D eigenvalue weighted by Gasteiger charge is 2.34. The molecule has 0 unspecified atom stereocenters. The quantitative estimate of drug-likeness (QED) is 0.547. The van der Waals surface area contributed by atoms with E-state index >= 15 is 0 Å². The lowest BCUT2D eigenvalue weighted by Crippen LogP contribution is -2.36. The van der Waals surface area contributed by atoms with E-state index in [1.54, 1.807) is 20.8 Å². The molecule has 0 atom stereocenters. The Hall–Kier alpha value is -2.71. The summed E-state index contributed by atoms with van der Waals surface area (Å²) < 4.78 is 51.3. The number of benzene rings is 1. The van der Waals surface area contributed by atoms with E-state index in [0.717, 1.165) is 18.2 Å². The summed E-state index contributed by atoms with van der Waals surface area (Å²) in [6, 6.07) is 5.79. The molecule has 0 amide bonds. The van der Waals surface area contributed by atoms with Gasteiger partial charge in [-0.1, -0.05) is 18.1 Å². The van der Waals surface area contributed by atoms with Gasteiger partial charge in [0.15, 0.2) is 11.7 Å². The Morgan fingerprint density at radius 3 is 2.38 bits per heavy atom. The summed E-state index contributed by atoms with van der Waals surface area (Å²) in [6.45, 7) is 7.57. The highest BCUT2D eigenvalue weighted by Crippen LogP contribution is 2.35. The molecule has 1 aromatic carbocycles. The van der Waals surface area contributed by atoms with Crippen molar-refractivity contribution in [3.05, 3.63) is 46.8 Å². The van der Waals surface area contributed by atoms with Crippen LogP contribution in [0.3, 0.4) is 0 Å². The van der Waals surface area contributed by atoms with Crippen LogP contribution in [0.1, 0.15) is 50.3 Å². The minimum atomic E-state index is -4.50. The minimum absolute atomic E-state index is 0.0546. The summed E-state index contributed by atoms with van der Waals surface area (Å²) in [6.07, 6.45) is -3.74. The Balaban J connectivity index is 2.07. The number of hydrogen-bond acceptors (Lipinski definition) is 4. The van der Waals surface area contributed by atoms with Gasteiger partial charge in [-0.25, -0.2) is 0 Å². The summed E-state index contributed by atoms with van der Waals surface area (Å²) in [5, 5.41) is 9.78. The van der Waals surface area contributed by atoms with Crippen molar-refractivity contribution >= 4 is 5.96 Å². The Labute approximate surface area is 168 Å². The van der Waals surface area contributed by atoms with E-state index in [9.17, 15) is 13.2 Å². The molecule has 0 bridgehead atoms. The number of halogens is 3. The molecule has 0 saturated heterocycles. The predicted molar refractivity (Wildman–Crippen MR) is 105 cm³/mol. The van der Waals surface area contributed by atoms with E-state index in [4.69, 9.17) is 9.26 Å². The molecule has 0 saturated carbocycles. The van der Waals surface area contributed by atoms with Crippen molar-refractivity contribution in [1.29, 1.82) is 0 Å². The first-order valence-electron chi connectivity index (χ1n) is 9.30. The number of aromatic nitrogens is 1. The van der Waals surface area contributed by atoms with E-state index in [1.165, 1.54) is 19.2 Å². The fourth-order valence-corrected chi connectivity index (χ4v) is 2.57. The van der Waals surface area contributed by atoms with E-state index < -0.39 is 17.3 Å². The molecule has 0 spiro atoms.